The first-order valence-corrected chi connectivity index (χ1v) is 10.1. The van der Waals surface area contributed by atoms with Gasteiger partial charge in [0.2, 0.25) is 11.8 Å². The monoisotopic (exact) mass is 408 g/mol. The average Bonchev–Trinajstić information content (AvgIpc) is 3.01. The molecule has 0 fully saturated rings. The lowest BCUT2D eigenvalue weighted by atomic mass is 10.1. The maximum absolute atomic E-state index is 12.5. The highest BCUT2D eigenvalue weighted by Gasteiger charge is 2.22. The van der Waals surface area contributed by atoms with Gasteiger partial charge >= 0.3 is 0 Å². The zero-order chi connectivity index (χ0) is 21.1. The standard InChI is InChI=1S/C23H24N2O5/c1-15(26)25-10-9-16-13-18(4-5-19(16)25)24-23(28)8-6-20(27)17-3-7-21-22(14-17)30-12-2-11-29-21/h3-5,7,13-14H,2,6,8-12H2,1H3,(H,24,28). The third-order valence-corrected chi connectivity index (χ3v) is 5.29. The summed E-state index contributed by atoms with van der Waals surface area (Å²) in [5.41, 5.74) is 3.11. The van der Waals surface area contributed by atoms with Crippen LogP contribution >= 0.6 is 0 Å². The molecular weight excluding hydrogens is 384 g/mol. The highest BCUT2D eigenvalue weighted by molar-refractivity contribution is 6.00. The summed E-state index contributed by atoms with van der Waals surface area (Å²) >= 11 is 0. The Balaban J connectivity index is 1.33. The van der Waals surface area contributed by atoms with E-state index < -0.39 is 0 Å². The summed E-state index contributed by atoms with van der Waals surface area (Å²) in [5, 5.41) is 2.84. The Bertz CT molecular complexity index is 1000. The summed E-state index contributed by atoms with van der Waals surface area (Å²) in [5.74, 6) is 0.881. The topological polar surface area (TPSA) is 84.9 Å². The van der Waals surface area contributed by atoms with E-state index in [1.54, 1.807) is 36.1 Å². The quantitative estimate of drug-likeness (QED) is 0.767. The molecule has 7 heteroatoms. The van der Waals surface area contributed by atoms with Crippen molar-refractivity contribution in [2.45, 2.75) is 32.6 Å². The van der Waals surface area contributed by atoms with Gasteiger partial charge in [-0.3, -0.25) is 14.4 Å². The molecule has 0 unspecified atom stereocenters. The molecular formula is C23H24N2O5. The number of Topliss-reactive ketones (excluding diaryl/α,β-unsaturated/α-hetero) is 1. The van der Waals surface area contributed by atoms with Gasteiger partial charge in [-0.25, -0.2) is 0 Å². The molecule has 0 atom stereocenters. The van der Waals surface area contributed by atoms with Crippen molar-refractivity contribution in [3.63, 3.8) is 0 Å². The van der Waals surface area contributed by atoms with E-state index in [-0.39, 0.29) is 30.4 Å². The summed E-state index contributed by atoms with van der Waals surface area (Å²) in [6.45, 7) is 3.35. The van der Waals surface area contributed by atoms with Gasteiger partial charge in [0.1, 0.15) is 0 Å². The number of ether oxygens (including phenoxy) is 2. The van der Waals surface area contributed by atoms with Crippen LogP contribution in [0.2, 0.25) is 0 Å². The lowest BCUT2D eigenvalue weighted by Gasteiger charge is -2.15. The first kappa shape index (κ1) is 19.9. The van der Waals surface area contributed by atoms with Crippen molar-refractivity contribution >= 4 is 29.0 Å². The molecule has 0 bridgehead atoms. The number of carbonyl (C=O) groups excluding carboxylic acids is 3. The zero-order valence-electron chi connectivity index (χ0n) is 16.9. The fourth-order valence-corrected chi connectivity index (χ4v) is 3.74. The van der Waals surface area contributed by atoms with E-state index in [1.165, 1.54) is 0 Å². The van der Waals surface area contributed by atoms with E-state index in [2.05, 4.69) is 5.32 Å². The van der Waals surface area contributed by atoms with Crippen LogP contribution < -0.4 is 19.7 Å². The molecule has 0 radical (unpaired) electrons. The van der Waals surface area contributed by atoms with Crippen molar-refractivity contribution in [1.29, 1.82) is 0 Å². The van der Waals surface area contributed by atoms with Crippen LogP contribution in [-0.4, -0.2) is 37.4 Å². The molecule has 2 aromatic rings. The van der Waals surface area contributed by atoms with Crippen molar-refractivity contribution < 1.29 is 23.9 Å². The Morgan fingerprint density at radius 2 is 1.80 bits per heavy atom. The van der Waals surface area contributed by atoms with Gasteiger partial charge in [0, 0.05) is 49.7 Å². The third kappa shape index (κ3) is 4.30. The summed E-state index contributed by atoms with van der Waals surface area (Å²) < 4.78 is 11.2. The molecule has 2 aliphatic heterocycles. The highest BCUT2D eigenvalue weighted by atomic mass is 16.5. The summed E-state index contributed by atoms with van der Waals surface area (Å²) in [7, 11) is 0. The zero-order valence-corrected chi connectivity index (χ0v) is 16.9. The lowest BCUT2D eigenvalue weighted by molar-refractivity contribution is -0.117. The Kier molecular flexibility index (Phi) is 5.70. The van der Waals surface area contributed by atoms with E-state index in [9.17, 15) is 14.4 Å². The molecule has 4 rings (SSSR count). The van der Waals surface area contributed by atoms with E-state index in [0.717, 1.165) is 24.1 Å². The molecule has 2 amide bonds. The van der Waals surface area contributed by atoms with Crippen LogP contribution in [0.15, 0.2) is 36.4 Å². The molecule has 0 saturated carbocycles. The smallest absolute Gasteiger partial charge is 0.224 e. The molecule has 30 heavy (non-hydrogen) atoms. The van der Waals surface area contributed by atoms with Crippen LogP contribution in [-0.2, 0) is 16.0 Å². The van der Waals surface area contributed by atoms with Gasteiger partial charge in [-0.15, -0.1) is 0 Å². The summed E-state index contributed by atoms with van der Waals surface area (Å²) in [6, 6.07) is 10.6. The van der Waals surface area contributed by atoms with Crippen molar-refractivity contribution in [2.75, 3.05) is 30.0 Å². The molecule has 0 aromatic heterocycles. The fourth-order valence-electron chi connectivity index (χ4n) is 3.74. The number of nitrogens with zero attached hydrogens (tertiary/aromatic N) is 1. The number of nitrogens with one attached hydrogen (secondary N) is 1. The molecule has 7 nitrogen and oxygen atoms in total. The van der Waals surface area contributed by atoms with E-state index in [4.69, 9.17) is 9.47 Å². The van der Waals surface area contributed by atoms with Crippen LogP contribution in [0.4, 0.5) is 11.4 Å². The van der Waals surface area contributed by atoms with Crippen LogP contribution in [0.5, 0.6) is 11.5 Å². The number of fused-ring (bicyclic) bond motifs is 2. The molecule has 156 valence electrons. The van der Waals surface area contributed by atoms with Gasteiger partial charge in [0.15, 0.2) is 17.3 Å². The maximum Gasteiger partial charge on any atom is 0.224 e. The number of anilines is 2. The Labute approximate surface area is 175 Å². The van der Waals surface area contributed by atoms with Gasteiger partial charge in [-0.1, -0.05) is 0 Å². The van der Waals surface area contributed by atoms with E-state index in [0.29, 0.717) is 42.5 Å². The normalized spacial score (nSPS) is 14.6. The maximum atomic E-state index is 12.5. The number of hydrogen-bond donors (Lipinski definition) is 1. The van der Waals surface area contributed by atoms with Crippen LogP contribution in [0.3, 0.4) is 0 Å². The fraction of sp³-hybridized carbons (Fsp3) is 0.348. The van der Waals surface area contributed by atoms with Crippen molar-refractivity contribution in [1.82, 2.24) is 0 Å². The van der Waals surface area contributed by atoms with E-state index >= 15 is 0 Å². The minimum Gasteiger partial charge on any atom is -0.490 e. The SMILES string of the molecule is CC(=O)N1CCc2cc(NC(=O)CCC(=O)c3ccc4c(c3)OCCCO4)ccc21. The predicted octanol–water partition coefficient (Wildman–Crippen LogP) is 3.36. The highest BCUT2D eigenvalue weighted by Crippen LogP contribution is 2.32. The minimum atomic E-state index is -0.223. The Hall–Kier alpha value is -3.35. The van der Waals surface area contributed by atoms with E-state index in [1.807, 2.05) is 12.1 Å². The molecule has 2 aromatic carbocycles. The number of amides is 2. The van der Waals surface area contributed by atoms with Crippen LogP contribution in [0, 0.1) is 0 Å². The summed E-state index contributed by atoms with van der Waals surface area (Å²) in [6.07, 6.45) is 1.76. The first-order chi connectivity index (χ1) is 14.5. The first-order valence-electron chi connectivity index (χ1n) is 10.1. The second kappa shape index (κ2) is 8.57. The molecule has 0 aliphatic carbocycles. The molecule has 1 N–H and O–H groups in total. The van der Waals surface area contributed by atoms with Gasteiger partial charge in [-0.2, -0.15) is 0 Å². The van der Waals surface area contributed by atoms with Gasteiger partial charge in [-0.05, 0) is 48.4 Å². The lowest BCUT2D eigenvalue weighted by Crippen LogP contribution is -2.25. The Morgan fingerprint density at radius 1 is 1.00 bits per heavy atom. The molecule has 0 saturated heterocycles. The number of hydrogen-bond acceptors (Lipinski definition) is 5. The summed E-state index contributed by atoms with van der Waals surface area (Å²) in [4.78, 5) is 38.2. The third-order valence-electron chi connectivity index (χ3n) is 5.29. The Morgan fingerprint density at radius 3 is 2.60 bits per heavy atom. The largest absolute Gasteiger partial charge is 0.490 e. The minimum absolute atomic E-state index is 0.0128. The molecule has 0 spiro atoms. The van der Waals surface area contributed by atoms with Crippen LogP contribution in [0.25, 0.3) is 0 Å². The average molecular weight is 408 g/mol. The van der Waals surface area contributed by atoms with Crippen molar-refractivity contribution in [2.24, 2.45) is 0 Å². The molecule has 2 aliphatic rings. The number of rotatable bonds is 5. The van der Waals surface area contributed by atoms with Crippen molar-refractivity contribution in [3.8, 4) is 11.5 Å². The predicted molar refractivity (Wildman–Crippen MR) is 112 cm³/mol. The van der Waals surface area contributed by atoms with Gasteiger partial charge < -0.3 is 19.7 Å². The second-order valence-electron chi connectivity index (χ2n) is 7.45. The number of benzene rings is 2. The number of carbonyl (C=O) groups is 3. The van der Waals surface area contributed by atoms with Crippen molar-refractivity contribution in [3.05, 3.63) is 47.5 Å². The van der Waals surface area contributed by atoms with Gasteiger partial charge in [0.05, 0.1) is 13.2 Å². The van der Waals surface area contributed by atoms with Crippen LogP contribution in [0.1, 0.15) is 42.1 Å². The second-order valence-corrected chi connectivity index (χ2v) is 7.45. The number of ketones is 1. The molecule has 2 heterocycles. The van der Waals surface area contributed by atoms with Gasteiger partial charge in [0.25, 0.3) is 0 Å².